The third-order valence-corrected chi connectivity index (χ3v) is 7.11. The first-order chi connectivity index (χ1) is 12.5. The molecule has 1 aliphatic rings. The molecule has 1 heterocycles. The predicted octanol–water partition coefficient (Wildman–Crippen LogP) is 3.56. The van der Waals surface area contributed by atoms with Crippen LogP contribution in [-0.2, 0) is 10.0 Å². The highest BCUT2D eigenvalue weighted by Crippen LogP contribution is 2.26. The fourth-order valence-electron chi connectivity index (χ4n) is 3.13. The van der Waals surface area contributed by atoms with Gasteiger partial charge in [-0.2, -0.15) is 0 Å². The maximum atomic E-state index is 12.4. The quantitative estimate of drug-likeness (QED) is 0.785. The number of carbonyl (C=O) groups is 1. The summed E-state index contributed by atoms with van der Waals surface area (Å²) in [6.45, 7) is 2.38. The number of nitrogens with zero attached hydrogens (tertiary/aromatic N) is 1. The molecule has 2 aromatic rings. The topological polar surface area (TPSA) is 88.2 Å². The first-order valence-electron chi connectivity index (χ1n) is 8.79. The van der Waals surface area contributed by atoms with Gasteiger partial charge >= 0.3 is 0 Å². The third kappa shape index (κ3) is 4.62. The lowest BCUT2D eigenvalue weighted by molar-refractivity contribution is 0.0947. The van der Waals surface area contributed by atoms with Crippen molar-refractivity contribution in [1.82, 2.24) is 10.3 Å². The van der Waals surface area contributed by atoms with E-state index in [1.807, 2.05) is 0 Å². The Labute approximate surface area is 158 Å². The molecule has 0 spiro atoms. The molecule has 2 N–H and O–H groups in total. The van der Waals surface area contributed by atoms with Gasteiger partial charge in [0.25, 0.3) is 15.9 Å². The van der Waals surface area contributed by atoms with Gasteiger partial charge in [0.15, 0.2) is 5.13 Å². The number of aryl methyl sites for hydroxylation is 1. The molecule has 6 nitrogen and oxygen atoms in total. The average molecular weight is 394 g/mol. The van der Waals surface area contributed by atoms with Gasteiger partial charge in [-0.1, -0.05) is 48.8 Å². The molecule has 1 amide bonds. The van der Waals surface area contributed by atoms with Crippen LogP contribution in [0.15, 0.2) is 35.2 Å². The zero-order chi connectivity index (χ0) is 18.6. The van der Waals surface area contributed by atoms with Gasteiger partial charge < -0.3 is 5.32 Å². The molecule has 0 atom stereocenters. The minimum absolute atomic E-state index is 0.163. The molecule has 26 heavy (non-hydrogen) atoms. The molecule has 1 fully saturated rings. The van der Waals surface area contributed by atoms with Gasteiger partial charge in [0, 0.05) is 6.54 Å². The van der Waals surface area contributed by atoms with Crippen molar-refractivity contribution >= 4 is 32.4 Å². The molecule has 1 aromatic heterocycles. The Bertz CT molecular complexity index is 857. The number of thiazole rings is 1. The minimum Gasteiger partial charge on any atom is -0.351 e. The van der Waals surface area contributed by atoms with E-state index in [-0.39, 0.29) is 15.9 Å². The summed E-state index contributed by atoms with van der Waals surface area (Å²) < 4.78 is 27.2. The fraction of sp³-hybridized carbons (Fsp3) is 0.444. The molecule has 0 aliphatic heterocycles. The van der Waals surface area contributed by atoms with Crippen LogP contribution in [0.3, 0.4) is 0 Å². The summed E-state index contributed by atoms with van der Waals surface area (Å²) in [6, 6.07) is 8.10. The average Bonchev–Trinajstić information content (AvgIpc) is 3.01. The Morgan fingerprint density at radius 2 is 1.88 bits per heavy atom. The summed E-state index contributed by atoms with van der Waals surface area (Å²) in [5.41, 5.74) is 0.530. The summed E-state index contributed by atoms with van der Waals surface area (Å²) >= 11 is 1.06. The van der Waals surface area contributed by atoms with E-state index in [4.69, 9.17) is 0 Å². The number of aromatic nitrogens is 1. The van der Waals surface area contributed by atoms with Crippen molar-refractivity contribution in [2.45, 2.75) is 43.9 Å². The molecule has 140 valence electrons. The van der Waals surface area contributed by atoms with E-state index < -0.39 is 10.0 Å². The fourth-order valence-corrected chi connectivity index (χ4v) is 5.27. The second-order valence-electron chi connectivity index (χ2n) is 6.57. The Kier molecular flexibility index (Phi) is 5.93. The monoisotopic (exact) mass is 393 g/mol. The summed E-state index contributed by atoms with van der Waals surface area (Å²) in [7, 11) is -3.71. The smallest absolute Gasteiger partial charge is 0.263 e. The molecule has 1 aromatic carbocycles. The van der Waals surface area contributed by atoms with Crippen LogP contribution in [-0.4, -0.2) is 25.9 Å². The van der Waals surface area contributed by atoms with Crippen molar-refractivity contribution < 1.29 is 13.2 Å². The van der Waals surface area contributed by atoms with Crippen LogP contribution in [0.25, 0.3) is 0 Å². The summed E-state index contributed by atoms with van der Waals surface area (Å²) in [4.78, 5) is 17.3. The van der Waals surface area contributed by atoms with Crippen molar-refractivity contribution in [2.75, 3.05) is 11.3 Å². The zero-order valence-corrected chi connectivity index (χ0v) is 16.3. The second kappa shape index (κ2) is 8.18. The van der Waals surface area contributed by atoms with Crippen molar-refractivity contribution in [3.63, 3.8) is 0 Å². The number of amides is 1. The van der Waals surface area contributed by atoms with Gasteiger partial charge in [-0.3, -0.25) is 9.52 Å². The van der Waals surface area contributed by atoms with E-state index in [0.717, 1.165) is 24.2 Å². The maximum absolute atomic E-state index is 12.4. The van der Waals surface area contributed by atoms with Crippen molar-refractivity contribution in [1.29, 1.82) is 0 Å². The van der Waals surface area contributed by atoms with Gasteiger partial charge in [-0.15, -0.1) is 0 Å². The summed E-state index contributed by atoms with van der Waals surface area (Å²) in [6.07, 6.45) is 6.05. The van der Waals surface area contributed by atoms with Crippen LogP contribution in [0.2, 0.25) is 0 Å². The van der Waals surface area contributed by atoms with E-state index in [2.05, 4.69) is 15.0 Å². The molecular formula is C18H23N3O3S2. The Morgan fingerprint density at radius 1 is 1.19 bits per heavy atom. The van der Waals surface area contributed by atoms with Gasteiger partial charge in [0.1, 0.15) is 4.88 Å². The van der Waals surface area contributed by atoms with E-state index in [0.29, 0.717) is 23.0 Å². The summed E-state index contributed by atoms with van der Waals surface area (Å²) in [5.74, 6) is 0.354. The Morgan fingerprint density at radius 3 is 2.58 bits per heavy atom. The van der Waals surface area contributed by atoms with Crippen LogP contribution in [0.4, 0.5) is 5.13 Å². The second-order valence-corrected chi connectivity index (χ2v) is 9.25. The molecule has 0 saturated heterocycles. The Hall–Kier alpha value is -1.93. The van der Waals surface area contributed by atoms with Crippen LogP contribution in [0.1, 0.15) is 47.5 Å². The number of nitrogens with one attached hydrogen (secondary N) is 2. The lowest BCUT2D eigenvalue weighted by Crippen LogP contribution is -2.30. The molecule has 1 saturated carbocycles. The molecule has 0 unspecified atom stereocenters. The molecule has 0 bridgehead atoms. The number of hydrogen-bond donors (Lipinski definition) is 2. The first kappa shape index (κ1) is 18.8. The van der Waals surface area contributed by atoms with Crippen LogP contribution >= 0.6 is 11.3 Å². The van der Waals surface area contributed by atoms with Crippen LogP contribution in [0.5, 0.6) is 0 Å². The maximum Gasteiger partial charge on any atom is 0.263 e. The van der Waals surface area contributed by atoms with Crippen molar-refractivity contribution in [3.05, 3.63) is 40.9 Å². The van der Waals surface area contributed by atoms with Gasteiger partial charge in [-0.25, -0.2) is 13.4 Å². The number of benzene rings is 1. The van der Waals surface area contributed by atoms with E-state index in [9.17, 15) is 13.2 Å². The molecule has 8 heteroatoms. The number of hydrogen-bond acceptors (Lipinski definition) is 5. The SMILES string of the molecule is Cc1nc(NS(=O)(=O)c2ccccc2)sc1C(=O)NCC1CCCCC1. The lowest BCUT2D eigenvalue weighted by Gasteiger charge is -2.21. The normalized spacial score (nSPS) is 15.6. The molecule has 0 radical (unpaired) electrons. The number of carbonyl (C=O) groups excluding carboxylic acids is 1. The summed E-state index contributed by atoms with van der Waals surface area (Å²) in [5, 5.41) is 3.17. The molecule has 3 rings (SSSR count). The molecule has 1 aliphatic carbocycles. The highest BCUT2D eigenvalue weighted by Gasteiger charge is 2.21. The van der Waals surface area contributed by atoms with Gasteiger partial charge in [0.2, 0.25) is 0 Å². The van der Waals surface area contributed by atoms with E-state index in [1.165, 1.54) is 31.4 Å². The van der Waals surface area contributed by atoms with Crippen molar-refractivity contribution in [2.24, 2.45) is 5.92 Å². The molecular weight excluding hydrogens is 370 g/mol. The predicted molar refractivity (Wildman–Crippen MR) is 103 cm³/mol. The van der Waals surface area contributed by atoms with Crippen molar-refractivity contribution in [3.8, 4) is 0 Å². The largest absolute Gasteiger partial charge is 0.351 e. The van der Waals surface area contributed by atoms with E-state index in [1.54, 1.807) is 25.1 Å². The number of rotatable bonds is 6. The van der Waals surface area contributed by atoms with Gasteiger partial charge in [-0.05, 0) is 37.8 Å². The standard InChI is InChI=1S/C18H23N3O3S2/c1-13-16(17(22)19-12-14-8-4-2-5-9-14)25-18(20-13)21-26(23,24)15-10-6-3-7-11-15/h3,6-7,10-11,14H,2,4-5,8-9,12H2,1H3,(H,19,22)(H,20,21). The number of anilines is 1. The minimum atomic E-state index is -3.71. The lowest BCUT2D eigenvalue weighted by atomic mass is 9.89. The highest BCUT2D eigenvalue weighted by molar-refractivity contribution is 7.93. The number of sulfonamides is 1. The Balaban J connectivity index is 1.65. The van der Waals surface area contributed by atoms with Gasteiger partial charge in [0.05, 0.1) is 10.6 Å². The third-order valence-electron chi connectivity index (χ3n) is 4.55. The van der Waals surface area contributed by atoms with Crippen LogP contribution in [0, 0.1) is 12.8 Å². The highest BCUT2D eigenvalue weighted by atomic mass is 32.2. The van der Waals surface area contributed by atoms with Crippen LogP contribution < -0.4 is 10.0 Å². The van der Waals surface area contributed by atoms with E-state index >= 15 is 0 Å². The zero-order valence-electron chi connectivity index (χ0n) is 14.7. The first-order valence-corrected chi connectivity index (χ1v) is 11.1.